The third-order valence-electron chi connectivity index (χ3n) is 4.99. The number of benzene rings is 1. The minimum Gasteiger partial charge on any atom is -0.496 e. The number of rotatable bonds is 3. The molecule has 20 heavy (non-hydrogen) atoms. The average molecular weight is 273 g/mol. The maximum absolute atomic E-state index is 5.54. The molecule has 1 aromatic carbocycles. The van der Waals surface area contributed by atoms with Gasteiger partial charge in [-0.3, -0.25) is 0 Å². The van der Waals surface area contributed by atoms with Gasteiger partial charge in [0.05, 0.1) is 7.11 Å². The van der Waals surface area contributed by atoms with Crippen molar-refractivity contribution in [3.05, 3.63) is 29.3 Å². The lowest BCUT2D eigenvalue weighted by atomic mass is 9.87. The molecule has 0 amide bonds. The summed E-state index contributed by atoms with van der Waals surface area (Å²) in [6, 6.07) is 7.88. The summed E-state index contributed by atoms with van der Waals surface area (Å²) < 4.78 is 5.54. The lowest BCUT2D eigenvalue weighted by Crippen LogP contribution is -2.41. The van der Waals surface area contributed by atoms with Gasteiger partial charge < -0.3 is 10.1 Å². The minimum absolute atomic E-state index is 0.641. The van der Waals surface area contributed by atoms with Gasteiger partial charge in [0.15, 0.2) is 0 Å². The van der Waals surface area contributed by atoms with Crippen molar-refractivity contribution in [3.63, 3.8) is 0 Å². The first kappa shape index (κ1) is 13.9. The standard InChI is InChI=1S/C18H27NO/c1-20-18-10-6-7-14-11-12-16(13-17(14)18)19-15-8-4-2-3-5-9-15/h6-7,10,15-16,19H,2-5,8-9,11-13H2,1H3. The molecule has 0 aromatic heterocycles. The van der Waals surface area contributed by atoms with Crippen LogP contribution in [-0.4, -0.2) is 19.2 Å². The van der Waals surface area contributed by atoms with Crippen LogP contribution in [0.1, 0.15) is 56.1 Å². The molecule has 1 unspecified atom stereocenters. The van der Waals surface area contributed by atoms with Crippen LogP contribution in [-0.2, 0) is 12.8 Å². The third kappa shape index (κ3) is 3.17. The highest BCUT2D eigenvalue weighted by Crippen LogP contribution is 2.30. The van der Waals surface area contributed by atoms with E-state index in [1.165, 1.54) is 62.5 Å². The number of nitrogens with one attached hydrogen (secondary N) is 1. The zero-order valence-corrected chi connectivity index (χ0v) is 12.7. The van der Waals surface area contributed by atoms with Crippen molar-refractivity contribution in [2.75, 3.05) is 7.11 Å². The predicted molar refractivity (Wildman–Crippen MR) is 83.4 cm³/mol. The lowest BCUT2D eigenvalue weighted by molar-refractivity contribution is 0.356. The molecule has 2 heteroatoms. The zero-order valence-electron chi connectivity index (χ0n) is 12.7. The SMILES string of the molecule is COc1cccc2c1CC(NC1CCCCCC1)CC2. The second-order valence-corrected chi connectivity index (χ2v) is 6.39. The molecular formula is C18H27NO. The molecule has 2 nitrogen and oxygen atoms in total. The Kier molecular flexibility index (Phi) is 4.62. The monoisotopic (exact) mass is 273 g/mol. The van der Waals surface area contributed by atoms with Crippen LogP contribution in [0.3, 0.4) is 0 Å². The van der Waals surface area contributed by atoms with E-state index in [0.717, 1.165) is 18.2 Å². The lowest BCUT2D eigenvalue weighted by Gasteiger charge is -2.30. The summed E-state index contributed by atoms with van der Waals surface area (Å²) in [6.45, 7) is 0. The highest BCUT2D eigenvalue weighted by molar-refractivity contribution is 5.42. The highest BCUT2D eigenvalue weighted by Gasteiger charge is 2.23. The summed E-state index contributed by atoms with van der Waals surface area (Å²) in [5.74, 6) is 1.08. The van der Waals surface area contributed by atoms with Crippen LogP contribution in [0.4, 0.5) is 0 Å². The van der Waals surface area contributed by atoms with Crippen LogP contribution >= 0.6 is 0 Å². The molecule has 3 rings (SSSR count). The van der Waals surface area contributed by atoms with E-state index in [1.807, 2.05) is 0 Å². The van der Waals surface area contributed by atoms with E-state index in [0.29, 0.717) is 6.04 Å². The van der Waals surface area contributed by atoms with Crippen molar-refractivity contribution < 1.29 is 4.74 Å². The second kappa shape index (κ2) is 6.62. The largest absolute Gasteiger partial charge is 0.496 e. The van der Waals surface area contributed by atoms with Crippen molar-refractivity contribution in [1.82, 2.24) is 5.32 Å². The molecule has 0 aliphatic heterocycles. The molecule has 110 valence electrons. The Hall–Kier alpha value is -1.02. The summed E-state index contributed by atoms with van der Waals surface area (Å²) >= 11 is 0. The number of ether oxygens (including phenoxy) is 1. The van der Waals surface area contributed by atoms with Gasteiger partial charge in [0.2, 0.25) is 0 Å². The van der Waals surface area contributed by atoms with Crippen LogP contribution in [0.5, 0.6) is 5.75 Å². The summed E-state index contributed by atoms with van der Waals surface area (Å²) in [5, 5.41) is 3.93. The van der Waals surface area contributed by atoms with Crippen LogP contribution < -0.4 is 10.1 Å². The Morgan fingerprint density at radius 1 is 1.00 bits per heavy atom. The Morgan fingerprint density at radius 2 is 1.80 bits per heavy atom. The summed E-state index contributed by atoms with van der Waals surface area (Å²) in [5.41, 5.74) is 2.93. The zero-order chi connectivity index (χ0) is 13.8. The van der Waals surface area contributed by atoms with Crippen molar-refractivity contribution in [2.45, 2.75) is 69.9 Å². The van der Waals surface area contributed by atoms with Gasteiger partial charge in [-0.05, 0) is 49.3 Å². The van der Waals surface area contributed by atoms with Crippen molar-refractivity contribution in [1.29, 1.82) is 0 Å². The average Bonchev–Trinajstić information content (AvgIpc) is 2.75. The molecular weight excluding hydrogens is 246 g/mol. The first-order valence-electron chi connectivity index (χ1n) is 8.27. The third-order valence-corrected chi connectivity index (χ3v) is 4.99. The van der Waals surface area contributed by atoms with Crippen LogP contribution in [0.15, 0.2) is 18.2 Å². The first-order valence-corrected chi connectivity index (χ1v) is 8.27. The smallest absolute Gasteiger partial charge is 0.122 e. The van der Waals surface area contributed by atoms with Gasteiger partial charge in [-0.2, -0.15) is 0 Å². The molecule has 2 aliphatic carbocycles. The van der Waals surface area contributed by atoms with E-state index in [9.17, 15) is 0 Å². The van der Waals surface area contributed by atoms with Crippen molar-refractivity contribution in [3.8, 4) is 5.75 Å². The van der Waals surface area contributed by atoms with Gasteiger partial charge in [0, 0.05) is 12.1 Å². The molecule has 0 radical (unpaired) electrons. The van der Waals surface area contributed by atoms with Gasteiger partial charge in [-0.1, -0.05) is 37.8 Å². The molecule has 1 fully saturated rings. The van der Waals surface area contributed by atoms with E-state index in [4.69, 9.17) is 4.74 Å². The number of hydrogen-bond acceptors (Lipinski definition) is 2. The minimum atomic E-state index is 0.641. The van der Waals surface area contributed by atoms with Crippen LogP contribution in [0, 0.1) is 0 Å². The van der Waals surface area contributed by atoms with E-state index in [1.54, 1.807) is 7.11 Å². The number of fused-ring (bicyclic) bond motifs is 1. The normalized spacial score (nSPS) is 23.9. The Bertz CT molecular complexity index is 421. The van der Waals surface area contributed by atoms with Gasteiger partial charge in [0.25, 0.3) is 0 Å². The van der Waals surface area contributed by atoms with Gasteiger partial charge in [-0.25, -0.2) is 0 Å². The van der Waals surface area contributed by atoms with Gasteiger partial charge in [-0.15, -0.1) is 0 Å². The van der Waals surface area contributed by atoms with Crippen LogP contribution in [0.2, 0.25) is 0 Å². The van der Waals surface area contributed by atoms with E-state index < -0.39 is 0 Å². The summed E-state index contributed by atoms with van der Waals surface area (Å²) in [6.07, 6.45) is 12.0. The fourth-order valence-electron chi connectivity index (χ4n) is 3.87. The number of methoxy groups -OCH3 is 1. The fraction of sp³-hybridized carbons (Fsp3) is 0.667. The topological polar surface area (TPSA) is 21.3 Å². The summed E-state index contributed by atoms with van der Waals surface area (Å²) in [7, 11) is 1.79. The molecule has 0 heterocycles. The van der Waals surface area contributed by atoms with Gasteiger partial charge in [0.1, 0.15) is 5.75 Å². The number of aryl methyl sites for hydroxylation is 1. The fourth-order valence-corrected chi connectivity index (χ4v) is 3.87. The maximum atomic E-state index is 5.54. The molecule has 0 spiro atoms. The molecule has 2 aliphatic rings. The Labute approximate surface area is 122 Å². The molecule has 1 aromatic rings. The van der Waals surface area contributed by atoms with Crippen molar-refractivity contribution in [2.24, 2.45) is 0 Å². The molecule has 0 bridgehead atoms. The quantitative estimate of drug-likeness (QED) is 0.844. The molecule has 1 N–H and O–H groups in total. The molecule has 1 saturated carbocycles. The van der Waals surface area contributed by atoms with Crippen LogP contribution in [0.25, 0.3) is 0 Å². The predicted octanol–water partition coefficient (Wildman–Crippen LogP) is 3.86. The second-order valence-electron chi connectivity index (χ2n) is 6.39. The van der Waals surface area contributed by atoms with E-state index >= 15 is 0 Å². The van der Waals surface area contributed by atoms with Crippen molar-refractivity contribution >= 4 is 0 Å². The Balaban J connectivity index is 1.65. The summed E-state index contributed by atoms with van der Waals surface area (Å²) in [4.78, 5) is 0. The highest BCUT2D eigenvalue weighted by atomic mass is 16.5. The molecule has 0 saturated heterocycles. The molecule has 1 atom stereocenters. The maximum Gasteiger partial charge on any atom is 0.122 e. The van der Waals surface area contributed by atoms with E-state index in [2.05, 4.69) is 23.5 Å². The van der Waals surface area contributed by atoms with Gasteiger partial charge >= 0.3 is 0 Å². The van der Waals surface area contributed by atoms with E-state index in [-0.39, 0.29) is 0 Å². The first-order chi connectivity index (χ1) is 9.86. The Morgan fingerprint density at radius 3 is 2.55 bits per heavy atom. The number of hydrogen-bond donors (Lipinski definition) is 1.